The minimum Gasteiger partial charge on any atom is -0.351 e. The molecule has 0 aliphatic heterocycles. The van der Waals surface area contributed by atoms with E-state index in [0.717, 1.165) is 11.8 Å². The van der Waals surface area contributed by atoms with Gasteiger partial charge in [0.25, 0.3) is 0 Å². The molecule has 2 aliphatic rings. The second-order valence-corrected chi connectivity index (χ2v) is 4.19. The third kappa shape index (κ3) is 1.08. The number of carbonyl (C=O) groups is 1. The lowest BCUT2D eigenvalue weighted by Crippen LogP contribution is -2.43. The maximum Gasteiger partial charge on any atom is 0.314 e. The number of urea groups is 1. The Hall–Kier alpha value is -0.730. The summed E-state index contributed by atoms with van der Waals surface area (Å²) in [4.78, 5) is 12.6. The van der Waals surface area contributed by atoms with Gasteiger partial charge in [0.1, 0.15) is 0 Å². The summed E-state index contributed by atoms with van der Waals surface area (Å²) in [7, 11) is 1.83. The van der Waals surface area contributed by atoms with Gasteiger partial charge in [0.2, 0.25) is 0 Å². The van der Waals surface area contributed by atoms with Crippen molar-refractivity contribution in [1.82, 2.24) is 4.90 Å². The summed E-state index contributed by atoms with van der Waals surface area (Å²) in [5.41, 5.74) is 5.23. The van der Waals surface area contributed by atoms with E-state index in [4.69, 9.17) is 5.73 Å². The zero-order valence-electron chi connectivity index (χ0n) is 7.49. The first-order valence-electron chi connectivity index (χ1n) is 4.70. The lowest BCUT2D eigenvalue weighted by atomic mass is 9.94. The molecule has 3 heteroatoms. The summed E-state index contributed by atoms with van der Waals surface area (Å²) in [5, 5.41) is 0. The summed E-state index contributed by atoms with van der Waals surface area (Å²) >= 11 is 0. The molecule has 3 unspecified atom stereocenters. The Kier molecular flexibility index (Phi) is 1.74. The number of fused-ring (bicyclic) bond motifs is 2. The molecule has 2 bridgehead atoms. The Balaban J connectivity index is 2.02. The molecule has 2 rings (SSSR count). The third-order valence-electron chi connectivity index (χ3n) is 3.55. The molecule has 0 saturated heterocycles. The lowest BCUT2D eigenvalue weighted by molar-refractivity contribution is 0.175. The molecule has 2 fully saturated rings. The van der Waals surface area contributed by atoms with Crippen LogP contribution in [0, 0.1) is 11.8 Å². The first-order chi connectivity index (χ1) is 5.68. The molecule has 2 amide bonds. The minimum absolute atomic E-state index is 0.271. The monoisotopic (exact) mass is 168 g/mol. The number of primary amides is 1. The molecule has 2 saturated carbocycles. The predicted octanol–water partition coefficient (Wildman–Crippen LogP) is 1.19. The molecule has 2 N–H and O–H groups in total. The van der Waals surface area contributed by atoms with Crippen molar-refractivity contribution in [2.45, 2.75) is 31.7 Å². The summed E-state index contributed by atoms with van der Waals surface area (Å²) in [6, 6.07) is 0.175. The van der Waals surface area contributed by atoms with Crippen LogP contribution >= 0.6 is 0 Å². The highest BCUT2D eigenvalue weighted by Gasteiger charge is 2.42. The zero-order chi connectivity index (χ0) is 8.72. The highest BCUT2D eigenvalue weighted by Crippen LogP contribution is 2.46. The Morgan fingerprint density at radius 2 is 2.17 bits per heavy atom. The van der Waals surface area contributed by atoms with Crippen molar-refractivity contribution in [1.29, 1.82) is 0 Å². The van der Waals surface area contributed by atoms with E-state index >= 15 is 0 Å². The van der Waals surface area contributed by atoms with Gasteiger partial charge in [0.05, 0.1) is 0 Å². The molecule has 0 aromatic heterocycles. The molecule has 0 radical (unpaired) electrons. The molecule has 3 nitrogen and oxygen atoms in total. The van der Waals surface area contributed by atoms with E-state index in [2.05, 4.69) is 0 Å². The Bertz CT molecular complexity index is 205. The average Bonchev–Trinajstić information content (AvgIpc) is 2.62. The number of nitrogens with two attached hydrogens (primary N) is 1. The highest BCUT2D eigenvalue weighted by molar-refractivity contribution is 5.72. The molecule has 0 heterocycles. The van der Waals surface area contributed by atoms with Crippen LogP contribution in [0.15, 0.2) is 0 Å². The maximum atomic E-state index is 10.9. The molecule has 68 valence electrons. The van der Waals surface area contributed by atoms with E-state index in [1.807, 2.05) is 7.05 Å². The number of hydrogen-bond acceptors (Lipinski definition) is 1. The topological polar surface area (TPSA) is 46.3 Å². The number of hydrogen-bond donors (Lipinski definition) is 1. The molecule has 3 atom stereocenters. The highest BCUT2D eigenvalue weighted by atomic mass is 16.2. The normalized spacial score (nSPS) is 38.6. The molecule has 0 aromatic rings. The number of carbonyl (C=O) groups excluding carboxylic acids is 1. The van der Waals surface area contributed by atoms with Crippen molar-refractivity contribution >= 4 is 6.03 Å². The van der Waals surface area contributed by atoms with E-state index < -0.39 is 0 Å². The Morgan fingerprint density at radius 1 is 1.42 bits per heavy atom. The van der Waals surface area contributed by atoms with Gasteiger partial charge < -0.3 is 10.6 Å². The average molecular weight is 168 g/mol. The summed E-state index contributed by atoms with van der Waals surface area (Å²) < 4.78 is 0. The molecular weight excluding hydrogens is 152 g/mol. The molecule has 12 heavy (non-hydrogen) atoms. The predicted molar refractivity (Wildman–Crippen MR) is 46.6 cm³/mol. The van der Waals surface area contributed by atoms with E-state index in [9.17, 15) is 4.79 Å². The Morgan fingerprint density at radius 3 is 2.58 bits per heavy atom. The summed E-state index contributed by atoms with van der Waals surface area (Å²) in [6.45, 7) is 0. The SMILES string of the molecule is CN(C(N)=O)C1CC2CCC1C2. The Labute approximate surface area is 72.9 Å². The van der Waals surface area contributed by atoms with Gasteiger partial charge in [-0.25, -0.2) is 4.79 Å². The van der Waals surface area contributed by atoms with Crippen LogP contribution in [0.25, 0.3) is 0 Å². The van der Waals surface area contributed by atoms with E-state index in [1.54, 1.807) is 4.90 Å². The number of nitrogens with zero attached hydrogens (tertiary/aromatic N) is 1. The largest absolute Gasteiger partial charge is 0.351 e. The maximum absolute atomic E-state index is 10.9. The summed E-state index contributed by atoms with van der Waals surface area (Å²) in [6.07, 6.45) is 5.17. The number of rotatable bonds is 1. The van der Waals surface area contributed by atoms with Crippen molar-refractivity contribution in [2.75, 3.05) is 7.05 Å². The van der Waals surface area contributed by atoms with Crippen LogP contribution in [0.2, 0.25) is 0 Å². The number of amides is 2. The van der Waals surface area contributed by atoms with Crippen molar-refractivity contribution < 1.29 is 4.79 Å². The first-order valence-corrected chi connectivity index (χ1v) is 4.70. The zero-order valence-corrected chi connectivity index (χ0v) is 7.49. The van der Waals surface area contributed by atoms with Gasteiger partial charge in [-0.3, -0.25) is 0 Å². The lowest BCUT2D eigenvalue weighted by Gasteiger charge is -2.29. The van der Waals surface area contributed by atoms with Crippen molar-refractivity contribution in [3.8, 4) is 0 Å². The molecule has 0 aromatic carbocycles. The third-order valence-corrected chi connectivity index (χ3v) is 3.55. The van der Waals surface area contributed by atoms with Crippen LogP contribution in [0.5, 0.6) is 0 Å². The van der Waals surface area contributed by atoms with Gasteiger partial charge in [-0.05, 0) is 31.1 Å². The van der Waals surface area contributed by atoms with Gasteiger partial charge in [0.15, 0.2) is 0 Å². The van der Waals surface area contributed by atoms with Crippen molar-refractivity contribution in [3.63, 3.8) is 0 Å². The van der Waals surface area contributed by atoms with Crippen LogP contribution in [0.4, 0.5) is 4.79 Å². The van der Waals surface area contributed by atoms with Gasteiger partial charge in [-0.2, -0.15) is 0 Å². The van der Waals surface area contributed by atoms with Crippen molar-refractivity contribution in [3.05, 3.63) is 0 Å². The fraction of sp³-hybridized carbons (Fsp3) is 0.889. The smallest absolute Gasteiger partial charge is 0.314 e. The van der Waals surface area contributed by atoms with Crippen LogP contribution < -0.4 is 5.73 Å². The van der Waals surface area contributed by atoms with Crippen LogP contribution in [0.1, 0.15) is 25.7 Å². The first kappa shape index (κ1) is 7.90. The van der Waals surface area contributed by atoms with Crippen LogP contribution in [-0.2, 0) is 0 Å². The molecule has 0 spiro atoms. The van der Waals surface area contributed by atoms with Crippen LogP contribution in [-0.4, -0.2) is 24.0 Å². The molecule has 2 aliphatic carbocycles. The van der Waals surface area contributed by atoms with Gasteiger partial charge in [-0.1, -0.05) is 6.42 Å². The van der Waals surface area contributed by atoms with Gasteiger partial charge in [0, 0.05) is 13.1 Å². The standard InChI is InChI=1S/C9H16N2O/c1-11(9(10)12)8-5-6-2-3-7(8)4-6/h6-8H,2-5H2,1H3,(H2,10,12). The van der Waals surface area contributed by atoms with Gasteiger partial charge >= 0.3 is 6.03 Å². The van der Waals surface area contributed by atoms with E-state index in [-0.39, 0.29) is 6.03 Å². The van der Waals surface area contributed by atoms with Crippen LogP contribution in [0.3, 0.4) is 0 Å². The van der Waals surface area contributed by atoms with E-state index in [0.29, 0.717) is 6.04 Å². The second-order valence-electron chi connectivity index (χ2n) is 4.19. The van der Waals surface area contributed by atoms with Crippen molar-refractivity contribution in [2.24, 2.45) is 17.6 Å². The fourth-order valence-corrected chi connectivity index (χ4v) is 2.85. The quantitative estimate of drug-likeness (QED) is 0.628. The molecular formula is C9H16N2O. The van der Waals surface area contributed by atoms with Gasteiger partial charge in [-0.15, -0.1) is 0 Å². The van der Waals surface area contributed by atoms with E-state index in [1.165, 1.54) is 25.7 Å². The fourth-order valence-electron chi connectivity index (χ4n) is 2.85. The summed E-state index contributed by atoms with van der Waals surface area (Å²) in [5.74, 6) is 1.62. The second kappa shape index (κ2) is 2.64. The minimum atomic E-state index is -0.271.